The number of nitrogen functional groups attached to an aromatic ring is 1. The van der Waals surface area contributed by atoms with Gasteiger partial charge in [-0.15, -0.1) is 0 Å². The van der Waals surface area contributed by atoms with Crippen molar-refractivity contribution in [2.24, 2.45) is 0 Å². The summed E-state index contributed by atoms with van der Waals surface area (Å²) < 4.78 is 23.3. The molecule has 6 nitrogen and oxygen atoms in total. The topological polar surface area (TPSA) is 95.1 Å². The Labute approximate surface area is 81.6 Å². The molecule has 7 heteroatoms. The molecule has 0 atom stereocenters. The van der Waals surface area contributed by atoms with Crippen LogP contribution >= 0.6 is 0 Å². The minimum Gasteiger partial charge on any atom is -0.396 e. The van der Waals surface area contributed by atoms with Crippen molar-refractivity contribution < 1.29 is 13.2 Å². The lowest BCUT2D eigenvalue weighted by atomic mass is 10.4. The maximum absolute atomic E-state index is 11.4. The number of hydrogen-bond acceptors (Lipinski definition) is 5. The standard InChI is InChI=1S/C7H11N3O3S/c1-3-10-6(5(8)4-9-10)7(11)14(2,12)13/h4H,3,8H2,1-2H3. The number of carbonyl (C=O) groups is 1. The molecule has 0 amide bonds. The van der Waals surface area contributed by atoms with Gasteiger partial charge in [0.1, 0.15) is 5.69 Å². The molecule has 0 aromatic carbocycles. The van der Waals surface area contributed by atoms with Gasteiger partial charge < -0.3 is 5.73 Å². The quantitative estimate of drug-likeness (QED) is 0.731. The van der Waals surface area contributed by atoms with E-state index in [1.54, 1.807) is 6.92 Å². The van der Waals surface area contributed by atoms with Crippen LogP contribution in [0.15, 0.2) is 6.20 Å². The summed E-state index contributed by atoms with van der Waals surface area (Å²) in [6, 6.07) is 0. The van der Waals surface area contributed by atoms with Crippen LogP contribution < -0.4 is 5.73 Å². The van der Waals surface area contributed by atoms with Crippen LogP contribution in [-0.2, 0) is 16.4 Å². The van der Waals surface area contributed by atoms with Crippen molar-refractivity contribution in [2.75, 3.05) is 12.0 Å². The van der Waals surface area contributed by atoms with Gasteiger partial charge in [-0.2, -0.15) is 5.10 Å². The Hall–Kier alpha value is -1.37. The number of aromatic nitrogens is 2. The molecule has 1 rings (SSSR count). The number of nitrogens with zero attached hydrogens (tertiary/aromatic N) is 2. The summed E-state index contributed by atoms with van der Waals surface area (Å²) in [6.45, 7) is 2.14. The molecule has 78 valence electrons. The summed E-state index contributed by atoms with van der Waals surface area (Å²) in [6.07, 6.45) is 2.11. The Morgan fingerprint density at radius 1 is 1.64 bits per heavy atom. The zero-order valence-electron chi connectivity index (χ0n) is 7.89. The van der Waals surface area contributed by atoms with Crippen molar-refractivity contribution >= 4 is 20.6 Å². The number of anilines is 1. The molecule has 1 heterocycles. The van der Waals surface area contributed by atoms with Gasteiger partial charge in [0.2, 0.25) is 9.84 Å². The Morgan fingerprint density at radius 3 is 2.64 bits per heavy atom. The van der Waals surface area contributed by atoms with E-state index in [4.69, 9.17) is 5.73 Å². The molecule has 0 saturated carbocycles. The van der Waals surface area contributed by atoms with E-state index in [0.29, 0.717) is 6.54 Å². The van der Waals surface area contributed by atoms with E-state index in [2.05, 4.69) is 5.10 Å². The second-order valence-corrected chi connectivity index (χ2v) is 4.74. The molecule has 0 saturated heterocycles. The predicted molar refractivity (Wildman–Crippen MR) is 51.5 cm³/mol. The van der Waals surface area contributed by atoms with Gasteiger partial charge in [-0.3, -0.25) is 9.48 Å². The third kappa shape index (κ3) is 1.77. The van der Waals surface area contributed by atoms with E-state index in [0.717, 1.165) is 6.26 Å². The molecule has 0 unspecified atom stereocenters. The lowest BCUT2D eigenvalue weighted by molar-refractivity contribution is 0.106. The Bertz CT molecular complexity index is 461. The first-order chi connectivity index (χ1) is 6.38. The molecule has 0 spiro atoms. The third-order valence-electron chi connectivity index (χ3n) is 1.70. The fraction of sp³-hybridized carbons (Fsp3) is 0.429. The summed E-state index contributed by atoms with van der Waals surface area (Å²) in [4.78, 5) is 11.4. The first-order valence-corrected chi connectivity index (χ1v) is 5.82. The number of hydrogen-bond donors (Lipinski definition) is 1. The van der Waals surface area contributed by atoms with Crippen molar-refractivity contribution in [1.29, 1.82) is 0 Å². The fourth-order valence-electron chi connectivity index (χ4n) is 1.04. The molecular weight excluding hydrogens is 206 g/mol. The Morgan fingerprint density at radius 2 is 2.21 bits per heavy atom. The first kappa shape index (κ1) is 10.7. The van der Waals surface area contributed by atoms with Crippen molar-refractivity contribution in [2.45, 2.75) is 13.5 Å². The summed E-state index contributed by atoms with van der Waals surface area (Å²) in [7, 11) is -3.76. The van der Waals surface area contributed by atoms with Crippen LogP contribution in [0.25, 0.3) is 0 Å². The molecular formula is C7H11N3O3S. The maximum Gasteiger partial charge on any atom is 0.296 e. The third-order valence-corrected chi connectivity index (χ3v) is 2.56. The highest BCUT2D eigenvalue weighted by Crippen LogP contribution is 2.13. The first-order valence-electron chi connectivity index (χ1n) is 3.93. The minimum atomic E-state index is -3.76. The Balaban J connectivity index is 3.32. The van der Waals surface area contributed by atoms with Gasteiger partial charge >= 0.3 is 0 Å². The van der Waals surface area contributed by atoms with E-state index < -0.39 is 15.0 Å². The number of nitrogens with two attached hydrogens (primary N) is 1. The van der Waals surface area contributed by atoms with Crippen LogP contribution in [0.5, 0.6) is 0 Å². The van der Waals surface area contributed by atoms with Crippen LogP contribution in [0.1, 0.15) is 17.4 Å². The van der Waals surface area contributed by atoms with Crippen LogP contribution in [0.2, 0.25) is 0 Å². The molecule has 0 aliphatic carbocycles. The number of aryl methyl sites for hydroxylation is 1. The monoisotopic (exact) mass is 217 g/mol. The highest BCUT2D eigenvalue weighted by atomic mass is 32.2. The average Bonchev–Trinajstić information content (AvgIpc) is 2.43. The maximum atomic E-state index is 11.4. The number of rotatable bonds is 2. The van der Waals surface area contributed by atoms with Gasteiger partial charge in [0.25, 0.3) is 5.12 Å². The zero-order chi connectivity index (χ0) is 10.9. The lowest BCUT2D eigenvalue weighted by Crippen LogP contribution is -2.19. The SMILES string of the molecule is CCn1ncc(N)c1C(=O)S(C)(=O)=O. The summed E-state index contributed by atoms with van der Waals surface area (Å²) in [5.41, 5.74) is 5.47. The van der Waals surface area contributed by atoms with E-state index >= 15 is 0 Å². The highest BCUT2D eigenvalue weighted by Gasteiger charge is 2.24. The van der Waals surface area contributed by atoms with E-state index in [1.165, 1.54) is 10.9 Å². The van der Waals surface area contributed by atoms with Crippen LogP contribution in [0, 0.1) is 0 Å². The molecule has 0 aliphatic heterocycles. The van der Waals surface area contributed by atoms with Crippen molar-refractivity contribution in [1.82, 2.24) is 9.78 Å². The second kappa shape index (κ2) is 3.41. The molecule has 1 aromatic heterocycles. The van der Waals surface area contributed by atoms with Gasteiger partial charge in [-0.05, 0) is 6.92 Å². The van der Waals surface area contributed by atoms with Crippen LogP contribution in [-0.4, -0.2) is 29.6 Å². The fourth-order valence-corrected chi connectivity index (χ4v) is 1.61. The summed E-state index contributed by atoms with van der Waals surface area (Å²) >= 11 is 0. The number of carbonyl (C=O) groups excluding carboxylic acids is 1. The largest absolute Gasteiger partial charge is 0.396 e. The van der Waals surface area contributed by atoms with Gasteiger partial charge in [-0.1, -0.05) is 0 Å². The van der Waals surface area contributed by atoms with Gasteiger partial charge in [-0.25, -0.2) is 8.42 Å². The number of sulfone groups is 1. The second-order valence-electron chi connectivity index (χ2n) is 2.82. The van der Waals surface area contributed by atoms with Crippen LogP contribution in [0.4, 0.5) is 5.69 Å². The van der Waals surface area contributed by atoms with Gasteiger partial charge in [0.05, 0.1) is 11.9 Å². The Kier molecular flexibility index (Phi) is 2.61. The molecule has 0 aliphatic rings. The molecule has 0 bridgehead atoms. The molecule has 0 radical (unpaired) electrons. The minimum absolute atomic E-state index is 0.0602. The van der Waals surface area contributed by atoms with E-state index in [1.807, 2.05) is 0 Å². The predicted octanol–water partition coefficient (Wildman–Crippen LogP) is -0.330. The highest BCUT2D eigenvalue weighted by molar-refractivity contribution is 8.06. The van der Waals surface area contributed by atoms with Crippen molar-refractivity contribution in [3.63, 3.8) is 0 Å². The van der Waals surface area contributed by atoms with E-state index in [9.17, 15) is 13.2 Å². The van der Waals surface area contributed by atoms with Crippen molar-refractivity contribution in [3.8, 4) is 0 Å². The summed E-state index contributed by atoms with van der Waals surface area (Å²) in [5, 5.41) is 2.78. The smallest absolute Gasteiger partial charge is 0.296 e. The normalized spacial score (nSPS) is 11.6. The molecule has 14 heavy (non-hydrogen) atoms. The van der Waals surface area contributed by atoms with Gasteiger partial charge in [0.15, 0.2) is 0 Å². The molecule has 0 fully saturated rings. The van der Waals surface area contributed by atoms with Gasteiger partial charge in [0, 0.05) is 12.8 Å². The summed E-state index contributed by atoms with van der Waals surface area (Å²) in [5.74, 6) is 0. The van der Waals surface area contributed by atoms with E-state index in [-0.39, 0.29) is 11.4 Å². The van der Waals surface area contributed by atoms with Crippen LogP contribution in [0.3, 0.4) is 0 Å². The molecule has 2 N–H and O–H groups in total. The molecule has 1 aromatic rings. The lowest BCUT2D eigenvalue weighted by Gasteiger charge is -2.02. The van der Waals surface area contributed by atoms with Crippen molar-refractivity contribution in [3.05, 3.63) is 11.9 Å². The zero-order valence-corrected chi connectivity index (χ0v) is 8.71. The average molecular weight is 217 g/mol.